The molecule has 1 aromatic heterocycles. The summed E-state index contributed by atoms with van der Waals surface area (Å²) >= 11 is 0. The van der Waals surface area contributed by atoms with E-state index in [1.54, 1.807) is 12.4 Å². The molecule has 0 bridgehead atoms. The van der Waals surface area contributed by atoms with Gasteiger partial charge in [0.2, 0.25) is 0 Å². The monoisotopic (exact) mass is 452 g/mol. The number of aryl methyl sites for hydroxylation is 1. The van der Waals surface area contributed by atoms with Crippen LogP contribution in [0.15, 0.2) is 36.7 Å². The zero-order valence-corrected chi connectivity index (χ0v) is 21.2. The molecular formula is C29H44N2O2. The molecule has 0 radical (unpaired) electrons. The van der Waals surface area contributed by atoms with Crippen LogP contribution in [-0.4, -0.2) is 15.9 Å². The maximum absolute atomic E-state index is 12.0. The van der Waals surface area contributed by atoms with Crippen molar-refractivity contribution in [2.24, 2.45) is 5.92 Å². The second-order valence-electron chi connectivity index (χ2n) is 9.40. The molecule has 1 unspecified atom stereocenters. The van der Waals surface area contributed by atoms with Crippen LogP contribution in [0.5, 0.6) is 5.75 Å². The highest BCUT2D eigenvalue weighted by atomic mass is 16.5. The number of carbonyl (C=O) groups is 1. The third-order valence-corrected chi connectivity index (χ3v) is 6.42. The van der Waals surface area contributed by atoms with Gasteiger partial charge in [-0.2, -0.15) is 0 Å². The van der Waals surface area contributed by atoms with Crippen LogP contribution < -0.4 is 4.74 Å². The molecule has 1 aromatic carbocycles. The molecule has 182 valence electrons. The fourth-order valence-corrected chi connectivity index (χ4v) is 3.95. The summed E-state index contributed by atoms with van der Waals surface area (Å²) in [5.74, 6) is 1.58. The van der Waals surface area contributed by atoms with Crippen molar-refractivity contribution in [2.75, 3.05) is 0 Å². The standard InChI is InChI=1S/C29H44N2O2/c1-4-6-7-8-9-10-11-12-16-25-18-20-26(21-19-25)29-30-22-27(23-31-29)33-28(32)17-14-13-15-24(3)5-2/h18-24H,4-17H2,1-3H3. The zero-order valence-electron chi connectivity index (χ0n) is 21.2. The number of carbonyl (C=O) groups excluding carboxylic acids is 1. The van der Waals surface area contributed by atoms with Crippen LogP contribution in [0.3, 0.4) is 0 Å². The van der Waals surface area contributed by atoms with Gasteiger partial charge in [-0.3, -0.25) is 4.79 Å². The highest BCUT2D eigenvalue weighted by molar-refractivity contribution is 5.72. The quantitative estimate of drug-likeness (QED) is 0.179. The summed E-state index contributed by atoms with van der Waals surface area (Å²) in [5.41, 5.74) is 2.35. The third-order valence-electron chi connectivity index (χ3n) is 6.42. The van der Waals surface area contributed by atoms with E-state index in [9.17, 15) is 4.79 Å². The molecule has 0 fully saturated rings. The van der Waals surface area contributed by atoms with Crippen LogP contribution >= 0.6 is 0 Å². The Morgan fingerprint density at radius 2 is 1.48 bits per heavy atom. The lowest BCUT2D eigenvalue weighted by atomic mass is 10.0. The van der Waals surface area contributed by atoms with Crippen LogP contribution in [-0.2, 0) is 11.2 Å². The molecule has 4 heteroatoms. The topological polar surface area (TPSA) is 52.1 Å². The summed E-state index contributed by atoms with van der Waals surface area (Å²) in [5, 5.41) is 0. The predicted molar refractivity (Wildman–Crippen MR) is 137 cm³/mol. The van der Waals surface area contributed by atoms with E-state index in [0.29, 0.717) is 18.0 Å². The van der Waals surface area contributed by atoms with Crippen LogP contribution in [0, 0.1) is 5.92 Å². The fraction of sp³-hybridized carbons (Fsp3) is 0.621. The Balaban J connectivity index is 1.68. The molecule has 0 amide bonds. The smallest absolute Gasteiger partial charge is 0.311 e. The van der Waals surface area contributed by atoms with Gasteiger partial charge in [0.25, 0.3) is 0 Å². The Labute approximate surface area is 201 Å². The van der Waals surface area contributed by atoms with Crippen molar-refractivity contribution >= 4 is 5.97 Å². The molecule has 1 heterocycles. The minimum absolute atomic E-state index is 0.208. The largest absolute Gasteiger partial charge is 0.423 e. The van der Waals surface area contributed by atoms with E-state index in [4.69, 9.17) is 4.74 Å². The summed E-state index contributed by atoms with van der Waals surface area (Å²) in [4.78, 5) is 20.8. The molecule has 0 aliphatic rings. The number of nitrogens with zero attached hydrogens (tertiary/aromatic N) is 2. The van der Waals surface area contributed by atoms with Crippen molar-refractivity contribution in [3.05, 3.63) is 42.2 Å². The van der Waals surface area contributed by atoms with E-state index < -0.39 is 0 Å². The van der Waals surface area contributed by atoms with Crippen molar-refractivity contribution in [1.82, 2.24) is 9.97 Å². The molecule has 0 N–H and O–H groups in total. The van der Waals surface area contributed by atoms with Gasteiger partial charge in [-0.05, 0) is 30.7 Å². The number of unbranched alkanes of at least 4 members (excludes halogenated alkanes) is 8. The Bertz CT molecular complexity index is 771. The Morgan fingerprint density at radius 1 is 0.848 bits per heavy atom. The summed E-state index contributed by atoms with van der Waals surface area (Å²) in [6.45, 7) is 6.72. The van der Waals surface area contributed by atoms with Crippen molar-refractivity contribution in [1.29, 1.82) is 0 Å². The SMILES string of the molecule is CCCCCCCCCCc1ccc(-c2ncc(OC(=O)CCCCC(C)CC)cn2)cc1. The van der Waals surface area contributed by atoms with Crippen molar-refractivity contribution in [3.63, 3.8) is 0 Å². The van der Waals surface area contributed by atoms with E-state index >= 15 is 0 Å². The first-order valence-corrected chi connectivity index (χ1v) is 13.2. The number of hydrogen-bond acceptors (Lipinski definition) is 4. The first-order valence-electron chi connectivity index (χ1n) is 13.2. The van der Waals surface area contributed by atoms with Gasteiger partial charge >= 0.3 is 5.97 Å². The maximum Gasteiger partial charge on any atom is 0.311 e. The first kappa shape index (κ1) is 27.0. The van der Waals surface area contributed by atoms with Gasteiger partial charge in [-0.1, -0.05) is 109 Å². The molecule has 0 aliphatic heterocycles. The summed E-state index contributed by atoms with van der Waals surface area (Å²) in [6.07, 6.45) is 19.8. The molecular weight excluding hydrogens is 408 g/mol. The molecule has 0 spiro atoms. The van der Waals surface area contributed by atoms with E-state index in [0.717, 1.165) is 30.7 Å². The number of esters is 1. The van der Waals surface area contributed by atoms with Crippen LogP contribution in [0.4, 0.5) is 0 Å². The maximum atomic E-state index is 12.0. The van der Waals surface area contributed by atoms with Crippen molar-refractivity contribution in [3.8, 4) is 17.1 Å². The summed E-state index contributed by atoms with van der Waals surface area (Å²) in [7, 11) is 0. The van der Waals surface area contributed by atoms with Crippen LogP contribution in [0.25, 0.3) is 11.4 Å². The second kappa shape index (κ2) is 16.4. The lowest BCUT2D eigenvalue weighted by Crippen LogP contribution is -2.08. The van der Waals surface area contributed by atoms with Gasteiger partial charge < -0.3 is 4.74 Å². The number of benzene rings is 1. The van der Waals surface area contributed by atoms with E-state index in [-0.39, 0.29) is 5.97 Å². The van der Waals surface area contributed by atoms with Gasteiger partial charge in [0.15, 0.2) is 11.6 Å². The summed E-state index contributed by atoms with van der Waals surface area (Å²) in [6, 6.07) is 8.51. The molecule has 33 heavy (non-hydrogen) atoms. The van der Waals surface area contributed by atoms with Crippen molar-refractivity contribution in [2.45, 2.75) is 111 Å². The molecule has 1 atom stereocenters. The number of aromatic nitrogens is 2. The normalized spacial score (nSPS) is 12.0. The fourth-order valence-electron chi connectivity index (χ4n) is 3.95. The predicted octanol–water partition coefficient (Wildman–Crippen LogP) is 8.34. The Morgan fingerprint density at radius 3 is 2.12 bits per heavy atom. The minimum Gasteiger partial charge on any atom is -0.423 e. The molecule has 4 nitrogen and oxygen atoms in total. The lowest BCUT2D eigenvalue weighted by molar-refractivity contribution is -0.134. The third kappa shape index (κ3) is 11.5. The average molecular weight is 453 g/mol. The Hall–Kier alpha value is -2.23. The first-order chi connectivity index (χ1) is 16.1. The van der Waals surface area contributed by atoms with Crippen molar-refractivity contribution < 1.29 is 9.53 Å². The van der Waals surface area contributed by atoms with E-state index in [2.05, 4.69) is 55.0 Å². The highest BCUT2D eigenvalue weighted by Gasteiger charge is 2.08. The van der Waals surface area contributed by atoms with E-state index in [1.165, 1.54) is 69.8 Å². The molecule has 0 saturated heterocycles. The van der Waals surface area contributed by atoms with Gasteiger partial charge in [-0.15, -0.1) is 0 Å². The number of rotatable bonds is 17. The van der Waals surface area contributed by atoms with Gasteiger partial charge in [0.05, 0.1) is 12.4 Å². The molecule has 2 rings (SSSR count). The Kier molecular flexibility index (Phi) is 13.4. The number of hydrogen-bond donors (Lipinski definition) is 0. The minimum atomic E-state index is -0.208. The number of ether oxygens (including phenoxy) is 1. The summed E-state index contributed by atoms with van der Waals surface area (Å²) < 4.78 is 5.39. The zero-order chi connectivity index (χ0) is 23.7. The van der Waals surface area contributed by atoms with Crippen LogP contribution in [0.2, 0.25) is 0 Å². The highest BCUT2D eigenvalue weighted by Crippen LogP contribution is 2.19. The van der Waals surface area contributed by atoms with Crippen LogP contribution in [0.1, 0.15) is 110 Å². The average Bonchev–Trinajstić information content (AvgIpc) is 2.84. The lowest BCUT2D eigenvalue weighted by Gasteiger charge is -2.08. The van der Waals surface area contributed by atoms with Gasteiger partial charge in [0.1, 0.15) is 0 Å². The molecule has 2 aromatic rings. The molecule has 0 saturated carbocycles. The molecule has 0 aliphatic carbocycles. The van der Waals surface area contributed by atoms with Gasteiger partial charge in [-0.25, -0.2) is 9.97 Å². The van der Waals surface area contributed by atoms with E-state index in [1.807, 2.05) is 0 Å². The second-order valence-corrected chi connectivity index (χ2v) is 9.40. The van der Waals surface area contributed by atoms with Gasteiger partial charge in [0, 0.05) is 12.0 Å².